The van der Waals surface area contributed by atoms with Crippen molar-refractivity contribution in [3.63, 3.8) is 0 Å². The maximum absolute atomic E-state index is 7.15. The van der Waals surface area contributed by atoms with Crippen LogP contribution in [0.4, 0.5) is 0 Å². The molecule has 0 aliphatic carbocycles. The Morgan fingerprint density at radius 2 is 0.778 bits per heavy atom. The first-order chi connectivity index (χ1) is 13.4. The maximum atomic E-state index is 7.15. The van der Waals surface area contributed by atoms with Crippen molar-refractivity contribution >= 4 is 54.7 Å². The normalized spacial score (nSPS) is 11.3. The second kappa shape index (κ2) is 9.09. The zero-order chi connectivity index (χ0) is 18.4. The van der Waals surface area contributed by atoms with Crippen molar-refractivity contribution in [2.75, 3.05) is 0 Å². The minimum atomic E-state index is -3.52. The summed E-state index contributed by atoms with van der Waals surface area (Å²) in [5.41, 5.74) is 0. The predicted molar refractivity (Wildman–Crippen MR) is 117 cm³/mol. The van der Waals surface area contributed by atoms with Gasteiger partial charge in [-0.2, -0.15) is 0 Å². The van der Waals surface area contributed by atoms with E-state index in [1.807, 2.05) is 0 Å². The fourth-order valence-corrected chi connectivity index (χ4v) is 26.5. The van der Waals surface area contributed by atoms with Gasteiger partial charge in [-0.1, -0.05) is 0 Å². The molecular formula is C24H20OSn2. The molecule has 2 radical (unpaired) electrons. The van der Waals surface area contributed by atoms with Crippen molar-refractivity contribution in [3.05, 3.63) is 121 Å². The van der Waals surface area contributed by atoms with Gasteiger partial charge in [0.1, 0.15) is 0 Å². The molecule has 4 aromatic carbocycles. The molecule has 0 aliphatic heterocycles. The number of hydrogen-bond donors (Lipinski definition) is 0. The van der Waals surface area contributed by atoms with Gasteiger partial charge in [0.25, 0.3) is 0 Å². The molecule has 4 aromatic rings. The van der Waals surface area contributed by atoms with E-state index in [4.69, 9.17) is 1.41 Å². The van der Waals surface area contributed by atoms with Gasteiger partial charge in [0.05, 0.1) is 0 Å². The van der Waals surface area contributed by atoms with Gasteiger partial charge < -0.3 is 0 Å². The van der Waals surface area contributed by atoms with E-state index in [0.717, 1.165) is 0 Å². The van der Waals surface area contributed by atoms with Gasteiger partial charge >= 0.3 is 177 Å². The fraction of sp³-hybridized carbons (Fsp3) is 0. The molecule has 0 aliphatic rings. The minimum absolute atomic E-state index is 1.18. The Hall–Kier alpha value is -1.56. The molecule has 27 heavy (non-hydrogen) atoms. The topological polar surface area (TPSA) is 9.23 Å². The van der Waals surface area contributed by atoms with Gasteiger partial charge in [0, 0.05) is 0 Å². The standard InChI is InChI=1S/4C6H5.O.2Sn/c4*1-2-4-6-5-3-1;;;/h4*1-5H;;;. The van der Waals surface area contributed by atoms with Gasteiger partial charge in [-0.15, -0.1) is 0 Å². The Labute approximate surface area is 176 Å². The molecule has 0 spiro atoms. The molecule has 1 nitrogen and oxygen atoms in total. The van der Waals surface area contributed by atoms with E-state index >= 15 is 0 Å². The molecule has 3 heteroatoms. The van der Waals surface area contributed by atoms with Crippen molar-refractivity contribution in [1.82, 2.24) is 0 Å². The van der Waals surface area contributed by atoms with Crippen LogP contribution in [0.25, 0.3) is 0 Å². The number of benzene rings is 4. The molecule has 0 heterocycles. The molecule has 0 unspecified atom stereocenters. The molecule has 0 amide bonds. The monoisotopic (exact) mass is 564 g/mol. The first-order valence-corrected chi connectivity index (χ1v) is 17.1. The van der Waals surface area contributed by atoms with Crippen molar-refractivity contribution in [1.29, 1.82) is 0 Å². The van der Waals surface area contributed by atoms with Crippen LogP contribution in [-0.2, 0) is 1.41 Å². The quantitative estimate of drug-likeness (QED) is 0.329. The summed E-state index contributed by atoms with van der Waals surface area (Å²) in [6.07, 6.45) is 0. The van der Waals surface area contributed by atoms with Gasteiger partial charge in [0.2, 0.25) is 0 Å². The Morgan fingerprint density at radius 3 is 1.15 bits per heavy atom. The van der Waals surface area contributed by atoms with E-state index in [-0.39, 0.29) is 0 Å². The Bertz CT molecular complexity index is 861. The molecule has 0 saturated carbocycles. The number of rotatable bonds is 6. The van der Waals surface area contributed by atoms with Gasteiger partial charge in [-0.25, -0.2) is 0 Å². The average molecular weight is 562 g/mol. The summed E-state index contributed by atoms with van der Waals surface area (Å²) in [6.45, 7) is 0. The SMILES string of the molecule is c1cc[c]([Sn][O][Sn]([c]2ccccc2)([c]2ccccc2)[c]2ccccc2)cc1. The second-order valence-corrected chi connectivity index (χ2v) is 21.9. The van der Waals surface area contributed by atoms with E-state index in [1.165, 1.54) is 14.3 Å². The van der Waals surface area contributed by atoms with Crippen LogP contribution in [0.15, 0.2) is 121 Å². The van der Waals surface area contributed by atoms with Crippen molar-refractivity contribution in [3.8, 4) is 0 Å². The molecular weight excluding hydrogens is 542 g/mol. The zero-order valence-electron chi connectivity index (χ0n) is 15.0. The third-order valence-corrected chi connectivity index (χ3v) is 25.1. The van der Waals surface area contributed by atoms with Crippen molar-refractivity contribution in [2.45, 2.75) is 0 Å². The first-order valence-electron chi connectivity index (χ1n) is 9.05. The second-order valence-electron chi connectivity index (χ2n) is 6.35. The van der Waals surface area contributed by atoms with Crippen LogP contribution in [0.1, 0.15) is 0 Å². The third kappa shape index (κ3) is 4.15. The van der Waals surface area contributed by atoms with Crippen LogP contribution in [0.5, 0.6) is 0 Å². The summed E-state index contributed by atoms with van der Waals surface area (Å²) in [7, 11) is 0. The molecule has 4 rings (SSSR count). The van der Waals surface area contributed by atoms with Crippen LogP contribution in [0.2, 0.25) is 0 Å². The van der Waals surface area contributed by atoms with E-state index in [1.54, 1.807) is 0 Å². The zero-order valence-corrected chi connectivity index (χ0v) is 20.7. The van der Waals surface area contributed by atoms with Crippen molar-refractivity contribution in [2.24, 2.45) is 0 Å². The summed E-state index contributed by atoms with van der Waals surface area (Å²) < 4.78 is 12.7. The molecule has 0 bridgehead atoms. The Morgan fingerprint density at radius 1 is 0.444 bits per heavy atom. The van der Waals surface area contributed by atoms with Crippen LogP contribution < -0.4 is 14.3 Å². The summed E-state index contributed by atoms with van der Waals surface area (Å²) in [5, 5.41) is 0. The molecule has 0 atom stereocenters. The Kier molecular flexibility index (Phi) is 6.32. The fourth-order valence-electron chi connectivity index (χ4n) is 3.34. The average Bonchev–Trinajstić information content (AvgIpc) is 2.77. The number of hydrogen-bond acceptors (Lipinski definition) is 1. The molecule has 0 saturated heterocycles. The van der Waals surface area contributed by atoms with Crippen LogP contribution in [0.3, 0.4) is 0 Å². The van der Waals surface area contributed by atoms with Gasteiger partial charge in [-0.05, 0) is 0 Å². The van der Waals surface area contributed by atoms with Gasteiger partial charge in [0.15, 0.2) is 0 Å². The van der Waals surface area contributed by atoms with Crippen LogP contribution in [-0.4, -0.2) is 40.3 Å². The summed E-state index contributed by atoms with van der Waals surface area (Å²) in [6, 6.07) is 43.4. The summed E-state index contributed by atoms with van der Waals surface area (Å²) in [5.74, 6) is 0. The molecule has 0 aromatic heterocycles. The summed E-state index contributed by atoms with van der Waals surface area (Å²) in [4.78, 5) is 0. The molecule has 130 valence electrons. The van der Waals surface area contributed by atoms with E-state index < -0.39 is 40.3 Å². The van der Waals surface area contributed by atoms with E-state index in [2.05, 4.69) is 121 Å². The Balaban J connectivity index is 1.89. The predicted octanol–water partition coefficient (Wildman–Crippen LogP) is 2.61. The molecule has 0 N–H and O–H groups in total. The van der Waals surface area contributed by atoms with Crippen LogP contribution >= 0.6 is 0 Å². The third-order valence-electron chi connectivity index (χ3n) is 4.64. The van der Waals surface area contributed by atoms with E-state index in [9.17, 15) is 0 Å². The molecule has 0 fully saturated rings. The van der Waals surface area contributed by atoms with Crippen molar-refractivity contribution < 1.29 is 1.41 Å². The van der Waals surface area contributed by atoms with E-state index in [0.29, 0.717) is 0 Å². The van der Waals surface area contributed by atoms with Gasteiger partial charge in [-0.3, -0.25) is 0 Å². The summed E-state index contributed by atoms with van der Waals surface area (Å²) >= 11 is -4.71. The first kappa shape index (κ1) is 18.8. The van der Waals surface area contributed by atoms with Crippen LogP contribution in [0, 0.1) is 0 Å².